The van der Waals surface area contributed by atoms with Crippen molar-refractivity contribution < 1.29 is 9.84 Å². The molecule has 1 aliphatic heterocycles. The van der Waals surface area contributed by atoms with Gasteiger partial charge >= 0.3 is 0 Å². The standard InChI is InChI=1S/C17H23N3O2S/c1-13(17-18-5-10-23-17)20-8-6-19(7-9-20)12-14-3-4-15(21)16(11-14)22-2/h3-5,10-11,13,21H,6-9,12H2,1-2H3. The second-order valence-electron chi connectivity index (χ2n) is 5.86. The molecule has 124 valence electrons. The van der Waals surface area contributed by atoms with Gasteiger partial charge in [-0.1, -0.05) is 6.07 Å². The van der Waals surface area contributed by atoms with Gasteiger partial charge in [0.25, 0.3) is 0 Å². The molecule has 1 saturated heterocycles. The maximum atomic E-state index is 9.68. The van der Waals surface area contributed by atoms with Crippen LogP contribution in [0, 0.1) is 0 Å². The first-order chi connectivity index (χ1) is 11.2. The molecule has 0 saturated carbocycles. The molecule has 0 bridgehead atoms. The summed E-state index contributed by atoms with van der Waals surface area (Å²) in [5.74, 6) is 0.733. The van der Waals surface area contributed by atoms with Gasteiger partial charge in [0.2, 0.25) is 0 Å². The first-order valence-electron chi connectivity index (χ1n) is 7.89. The van der Waals surface area contributed by atoms with Crippen LogP contribution in [-0.4, -0.2) is 53.2 Å². The Morgan fingerprint density at radius 1 is 1.30 bits per heavy atom. The predicted molar refractivity (Wildman–Crippen MR) is 92.0 cm³/mol. The summed E-state index contributed by atoms with van der Waals surface area (Å²) in [6.07, 6.45) is 1.88. The molecular formula is C17H23N3O2S. The predicted octanol–water partition coefficient (Wildman–Crippen LogP) is 2.74. The van der Waals surface area contributed by atoms with Crippen LogP contribution in [0.25, 0.3) is 0 Å². The van der Waals surface area contributed by atoms with Gasteiger partial charge in [-0.2, -0.15) is 0 Å². The van der Waals surface area contributed by atoms with Crippen molar-refractivity contribution in [3.8, 4) is 11.5 Å². The van der Waals surface area contributed by atoms with E-state index in [9.17, 15) is 5.11 Å². The number of rotatable bonds is 5. The molecule has 1 atom stereocenters. The van der Waals surface area contributed by atoms with Crippen LogP contribution in [0.15, 0.2) is 29.8 Å². The van der Waals surface area contributed by atoms with Crippen LogP contribution in [0.5, 0.6) is 11.5 Å². The summed E-state index contributed by atoms with van der Waals surface area (Å²) >= 11 is 1.73. The molecule has 2 heterocycles. The minimum atomic E-state index is 0.193. The third kappa shape index (κ3) is 3.83. The van der Waals surface area contributed by atoms with E-state index in [1.807, 2.05) is 23.7 Å². The lowest BCUT2D eigenvalue weighted by Crippen LogP contribution is -2.46. The number of phenols is 1. The highest BCUT2D eigenvalue weighted by Crippen LogP contribution is 2.27. The van der Waals surface area contributed by atoms with Crippen molar-refractivity contribution in [2.24, 2.45) is 0 Å². The highest BCUT2D eigenvalue weighted by atomic mass is 32.1. The first-order valence-corrected chi connectivity index (χ1v) is 8.77. The molecular weight excluding hydrogens is 310 g/mol. The number of aromatic hydroxyl groups is 1. The van der Waals surface area contributed by atoms with E-state index in [0.717, 1.165) is 32.7 Å². The number of phenolic OH excluding ortho intramolecular Hbond substituents is 1. The fraction of sp³-hybridized carbons (Fsp3) is 0.471. The van der Waals surface area contributed by atoms with Crippen LogP contribution < -0.4 is 4.74 Å². The number of ether oxygens (including phenoxy) is 1. The number of nitrogens with zero attached hydrogens (tertiary/aromatic N) is 3. The zero-order valence-electron chi connectivity index (χ0n) is 13.6. The van der Waals surface area contributed by atoms with Crippen molar-refractivity contribution in [1.29, 1.82) is 0 Å². The van der Waals surface area contributed by atoms with E-state index in [-0.39, 0.29) is 5.75 Å². The molecule has 1 unspecified atom stereocenters. The van der Waals surface area contributed by atoms with E-state index in [2.05, 4.69) is 21.7 Å². The van der Waals surface area contributed by atoms with Crippen molar-refractivity contribution in [3.63, 3.8) is 0 Å². The SMILES string of the molecule is COc1cc(CN2CCN(C(C)c3nccs3)CC2)ccc1O. The molecule has 23 heavy (non-hydrogen) atoms. The fourth-order valence-corrected chi connectivity index (χ4v) is 3.71. The van der Waals surface area contributed by atoms with Crippen LogP contribution in [-0.2, 0) is 6.54 Å². The van der Waals surface area contributed by atoms with Crippen LogP contribution in [0.2, 0.25) is 0 Å². The average molecular weight is 333 g/mol. The van der Waals surface area contributed by atoms with E-state index >= 15 is 0 Å². The van der Waals surface area contributed by atoms with Gasteiger partial charge in [0.15, 0.2) is 11.5 Å². The molecule has 0 amide bonds. The zero-order valence-corrected chi connectivity index (χ0v) is 14.4. The van der Waals surface area contributed by atoms with Gasteiger partial charge in [-0.3, -0.25) is 9.80 Å². The number of thiazole rings is 1. The quantitative estimate of drug-likeness (QED) is 0.912. The maximum Gasteiger partial charge on any atom is 0.160 e. The zero-order chi connectivity index (χ0) is 16.2. The van der Waals surface area contributed by atoms with E-state index in [1.54, 1.807) is 24.5 Å². The summed E-state index contributed by atoms with van der Waals surface area (Å²) < 4.78 is 5.18. The Balaban J connectivity index is 1.55. The first kappa shape index (κ1) is 16.2. The highest BCUT2D eigenvalue weighted by Gasteiger charge is 2.23. The topological polar surface area (TPSA) is 48.8 Å². The van der Waals surface area contributed by atoms with E-state index in [1.165, 1.54) is 10.6 Å². The normalized spacial score (nSPS) is 18.0. The Labute approximate surface area is 141 Å². The molecule has 0 radical (unpaired) electrons. The lowest BCUT2D eigenvalue weighted by atomic mass is 10.1. The lowest BCUT2D eigenvalue weighted by Gasteiger charge is -2.37. The van der Waals surface area contributed by atoms with Gasteiger partial charge in [0.1, 0.15) is 5.01 Å². The fourth-order valence-electron chi connectivity index (χ4n) is 2.98. The Kier molecular flexibility index (Phi) is 5.15. The van der Waals surface area contributed by atoms with Gasteiger partial charge < -0.3 is 9.84 Å². The third-order valence-electron chi connectivity index (χ3n) is 4.41. The Morgan fingerprint density at radius 3 is 2.74 bits per heavy atom. The van der Waals surface area contributed by atoms with Crippen molar-refractivity contribution in [3.05, 3.63) is 40.3 Å². The van der Waals surface area contributed by atoms with Crippen LogP contribution >= 0.6 is 11.3 Å². The molecule has 2 aromatic rings. The summed E-state index contributed by atoms with van der Waals surface area (Å²) in [6, 6.07) is 5.97. The molecule has 1 aliphatic rings. The van der Waals surface area contributed by atoms with Gasteiger partial charge in [-0.25, -0.2) is 4.98 Å². The Bertz CT molecular complexity index is 625. The molecule has 5 nitrogen and oxygen atoms in total. The van der Waals surface area contributed by atoms with E-state index < -0.39 is 0 Å². The summed E-state index contributed by atoms with van der Waals surface area (Å²) in [5, 5.41) is 12.9. The molecule has 6 heteroatoms. The molecule has 1 N–H and O–H groups in total. The highest BCUT2D eigenvalue weighted by molar-refractivity contribution is 7.09. The molecule has 0 aliphatic carbocycles. The molecule has 1 fully saturated rings. The number of hydrogen-bond donors (Lipinski definition) is 1. The van der Waals surface area contributed by atoms with E-state index in [0.29, 0.717) is 11.8 Å². The smallest absolute Gasteiger partial charge is 0.160 e. The van der Waals surface area contributed by atoms with Gasteiger partial charge in [0, 0.05) is 44.3 Å². The summed E-state index contributed by atoms with van der Waals surface area (Å²) in [7, 11) is 1.58. The minimum absolute atomic E-state index is 0.193. The van der Waals surface area contributed by atoms with Crippen molar-refractivity contribution in [2.45, 2.75) is 19.5 Å². The van der Waals surface area contributed by atoms with Crippen molar-refractivity contribution >= 4 is 11.3 Å². The van der Waals surface area contributed by atoms with Crippen LogP contribution in [0.1, 0.15) is 23.5 Å². The van der Waals surface area contributed by atoms with Crippen LogP contribution in [0.4, 0.5) is 0 Å². The molecule has 1 aromatic heterocycles. The van der Waals surface area contributed by atoms with Crippen molar-refractivity contribution in [2.75, 3.05) is 33.3 Å². The number of methoxy groups -OCH3 is 1. The number of aromatic nitrogens is 1. The van der Waals surface area contributed by atoms with Crippen molar-refractivity contribution in [1.82, 2.24) is 14.8 Å². The summed E-state index contributed by atoms with van der Waals surface area (Å²) in [4.78, 5) is 9.37. The monoisotopic (exact) mass is 333 g/mol. The van der Waals surface area contributed by atoms with Crippen LogP contribution in [0.3, 0.4) is 0 Å². The lowest BCUT2D eigenvalue weighted by molar-refractivity contribution is 0.0977. The number of piperazine rings is 1. The second-order valence-corrected chi connectivity index (χ2v) is 6.79. The average Bonchev–Trinajstić information content (AvgIpc) is 3.11. The number of benzene rings is 1. The summed E-state index contributed by atoms with van der Waals surface area (Å²) in [6.45, 7) is 7.30. The Morgan fingerprint density at radius 2 is 2.09 bits per heavy atom. The number of hydrogen-bond acceptors (Lipinski definition) is 6. The van der Waals surface area contributed by atoms with E-state index in [4.69, 9.17) is 4.74 Å². The third-order valence-corrected chi connectivity index (χ3v) is 5.36. The Hall–Kier alpha value is -1.63. The summed E-state index contributed by atoms with van der Waals surface area (Å²) in [5.41, 5.74) is 1.17. The molecule has 3 rings (SSSR count). The molecule has 1 aromatic carbocycles. The molecule has 0 spiro atoms. The maximum absolute atomic E-state index is 9.68. The minimum Gasteiger partial charge on any atom is -0.504 e. The van der Waals surface area contributed by atoms with Gasteiger partial charge in [-0.05, 0) is 24.6 Å². The van der Waals surface area contributed by atoms with Gasteiger partial charge in [0.05, 0.1) is 13.2 Å². The van der Waals surface area contributed by atoms with Gasteiger partial charge in [-0.15, -0.1) is 11.3 Å². The second kappa shape index (κ2) is 7.29. The largest absolute Gasteiger partial charge is 0.504 e.